The number of nitrogens with zero attached hydrogens (tertiary/aromatic N) is 3. The minimum Gasteiger partial charge on any atom is -0.383 e. The van der Waals surface area contributed by atoms with Crippen molar-refractivity contribution < 1.29 is 27.9 Å². The Hall–Kier alpha value is -3.34. The predicted molar refractivity (Wildman–Crippen MR) is 109 cm³/mol. The van der Waals surface area contributed by atoms with Crippen LogP contribution in [0, 0.1) is 11.6 Å². The van der Waals surface area contributed by atoms with Gasteiger partial charge in [0, 0.05) is 25.8 Å². The van der Waals surface area contributed by atoms with Crippen molar-refractivity contribution in [3.63, 3.8) is 0 Å². The molecule has 2 N–H and O–H groups in total. The number of anilines is 1. The van der Waals surface area contributed by atoms with E-state index < -0.39 is 29.0 Å². The Morgan fingerprint density at radius 3 is 2.72 bits per heavy atom. The van der Waals surface area contributed by atoms with E-state index in [-0.39, 0.29) is 35.6 Å². The third-order valence-corrected chi connectivity index (χ3v) is 5.66. The predicted octanol–water partition coefficient (Wildman–Crippen LogP) is 1.55. The van der Waals surface area contributed by atoms with Crippen LogP contribution in [0.25, 0.3) is 0 Å². The van der Waals surface area contributed by atoms with Crippen molar-refractivity contribution in [3.05, 3.63) is 47.5 Å². The van der Waals surface area contributed by atoms with Gasteiger partial charge >= 0.3 is 0 Å². The van der Waals surface area contributed by atoms with E-state index in [1.165, 1.54) is 22.9 Å². The van der Waals surface area contributed by atoms with Crippen LogP contribution in [0.1, 0.15) is 40.7 Å². The molecule has 11 heteroatoms. The Morgan fingerprint density at radius 2 is 2.06 bits per heavy atom. The molecule has 32 heavy (non-hydrogen) atoms. The van der Waals surface area contributed by atoms with Crippen LogP contribution in [0.3, 0.4) is 0 Å². The highest BCUT2D eigenvalue weighted by molar-refractivity contribution is 6.11. The van der Waals surface area contributed by atoms with E-state index in [1.807, 2.05) is 0 Å². The SMILES string of the molecule is COCCNC(=O)C1(C)Cn2cnc(C(=O)Nc3ccc(F)cc3F)c2C(=O)N1C1CC1. The number of halogens is 2. The molecule has 0 spiro atoms. The van der Waals surface area contributed by atoms with Gasteiger partial charge in [-0.15, -0.1) is 0 Å². The summed E-state index contributed by atoms with van der Waals surface area (Å²) >= 11 is 0. The third-order valence-electron chi connectivity index (χ3n) is 5.66. The number of benzene rings is 1. The average Bonchev–Trinajstić information content (AvgIpc) is 3.48. The first kappa shape index (κ1) is 21.9. The zero-order chi connectivity index (χ0) is 23.0. The zero-order valence-electron chi connectivity index (χ0n) is 17.7. The maximum absolute atomic E-state index is 14.0. The monoisotopic (exact) mass is 447 g/mol. The van der Waals surface area contributed by atoms with Crippen molar-refractivity contribution in [1.82, 2.24) is 19.8 Å². The summed E-state index contributed by atoms with van der Waals surface area (Å²) in [5, 5.41) is 5.12. The van der Waals surface area contributed by atoms with Crippen LogP contribution in [-0.2, 0) is 16.1 Å². The smallest absolute Gasteiger partial charge is 0.276 e. The lowest BCUT2D eigenvalue weighted by Gasteiger charge is -2.44. The number of hydrogen-bond donors (Lipinski definition) is 2. The molecule has 0 radical (unpaired) electrons. The quantitative estimate of drug-likeness (QED) is 0.627. The fraction of sp³-hybridized carbons (Fsp3) is 0.429. The second kappa shape index (κ2) is 8.30. The number of fused-ring (bicyclic) bond motifs is 1. The van der Waals surface area contributed by atoms with Crippen molar-refractivity contribution in [2.24, 2.45) is 0 Å². The number of rotatable bonds is 7. The molecular formula is C21H23F2N5O4. The fourth-order valence-electron chi connectivity index (χ4n) is 3.95. The first-order valence-corrected chi connectivity index (χ1v) is 10.2. The number of nitrogens with one attached hydrogen (secondary N) is 2. The van der Waals surface area contributed by atoms with Crippen LogP contribution < -0.4 is 10.6 Å². The molecule has 1 saturated carbocycles. The summed E-state index contributed by atoms with van der Waals surface area (Å²) in [6.07, 6.45) is 2.82. The fourth-order valence-corrected chi connectivity index (χ4v) is 3.95. The molecule has 0 bridgehead atoms. The van der Waals surface area contributed by atoms with Gasteiger partial charge in [-0.25, -0.2) is 13.8 Å². The topological polar surface area (TPSA) is 106 Å². The molecule has 1 atom stereocenters. The Balaban J connectivity index is 1.63. The van der Waals surface area contributed by atoms with Gasteiger partial charge in [0.2, 0.25) is 5.91 Å². The summed E-state index contributed by atoms with van der Waals surface area (Å²) in [6.45, 7) is 2.42. The number of hydrogen-bond acceptors (Lipinski definition) is 5. The van der Waals surface area contributed by atoms with E-state index in [4.69, 9.17) is 4.74 Å². The Labute approximate surface area is 182 Å². The van der Waals surface area contributed by atoms with E-state index >= 15 is 0 Å². The van der Waals surface area contributed by atoms with Crippen LogP contribution in [0.5, 0.6) is 0 Å². The van der Waals surface area contributed by atoms with E-state index in [0.717, 1.165) is 25.0 Å². The number of amides is 3. The van der Waals surface area contributed by atoms with E-state index in [1.54, 1.807) is 6.92 Å². The van der Waals surface area contributed by atoms with Crippen LogP contribution >= 0.6 is 0 Å². The lowest BCUT2D eigenvalue weighted by molar-refractivity contribution is -0.133. The molecule has 9 nitrogen and oxygen atoms in total. The molecule has 2 heterocycles. The molecular weight excluding hydrogens is 424 g/mol. The Kier molecular flexibility index (Phi) is 5.68. The van der Waals surface area contributed by atoms with Crippen molar-refractivity contribution in [2.45, 2.75) is 37.9 Å². The number of methoxy groups -OCH3 is 1. The van der Waals surface area contributed by atoms with Gasteiger partial charge in [-0.05, 0) is 31.9 Å². The van der Waals surface area contributed by atoms with Crippen molar-refractivity contribution in [2.75, 3.05) is 25.6 Å². The highest BCUT2D eigenvalue weighted by Crippen LogP contribution is 2.38. The van der Waals surface area contributed by atoms with Gasteiger partial charge in [0.05, 0.1) is 25.2 Å². The standard InChI is InChI=1S/C21H23F2N5O4/c1-21(20(31)24-7-8-32-2)10-27-11-25-16(17(27)19(30)28(21)13-4-5-13)18(29)26-15-6-3-12(22)9-14(15)23/h3,6,9,11,13H,4-5,7-8,10H2,1-2H3,(H,24,31)(H,26,29). The lowest BCUT2D eigenvalue weighted by Crippen LogP contribution is -2.65. The maximum atomic E-state index is 14.0. The molecule has 1 aliphatic heterocycles. The van der Waals surface area contributed by atoms with Gasteiger partial charge in [0.15, 0.2) is 5.69 Å². The summed E-state index contributed by atoms with van der Waals surface area (Å²) in [5.41, 5.74) is -1.57. The lowest BCUT2D eigenvalue weighted by atomic mass is 9.94. The van der Waals surface area contributed by atoms with Gasteiger partial charge in [-0.3, -0.25) is 14.4 Å². The van der Waals surface area contributed by atoms with Crippen molar-refractivity contribution in [1.29, 1.82) is 0 Å². The number of aromatic nitrogens is 2. The highest BCUT2D eigenvalue weighted by Gasteiger charge is 2.53. The number of ether oxygens (including phenoxy) is 1. The molecule has 1 unspecified atom stereocenters. The molecule has 1 aliphatic carbocycles. The van der Waals surface area contributed by atoms with E-state index in [0.29, 0.717) is 19.2 Å². The first-order chi connectivity index (χ1) is 15.3. The summed E-state index contributed by atoms with van der Waals surface area (Å²) in [4.78, 5) is 44.8. The van der Waals surface area contributed by atoms with Crippen LogP contribution in [0.2, 0.25) is 0 Å². The first-order valence-electron chi connectivity index (χ1n) is 10.2. The van der Waals surface area contributed by atoms with Crippen LogP contribution in [-0.4, -0.2) is 64.0 Å². The number of carbonyl (C=O) groups is 3. The minimum atomic E-state index is -1.17. The average molecular weight is 447 g/mol. The summed E-state index contributed by atoms with van der Waals surface area (Å²) < 4.78 is 33.5. The molecule has 1 fully saturated rings. The third kappa shape index (κ3) is 3.83. The molecule has 0 saturated heterocycles. The molecule has 3 amide bonds. The van der Waals surface area contributed by atoms with Gasteiger partial charge in [-0.2, -0.15) is 0 Å². The van der Waals surface area contributed by atoms with Gasteiger partial charge in [0.25, 0.3) is 11.8 Å². The van der Waals surface area contributed by atoms with Crippen molar-refractivity contribution >= 4 is 23.4 Å². The summed E-state index contributed by atoms with van der Waals surface area (Å²) in [7, 11) is 1.52. The maximum Gasteiger partial charge on any atom is 0.276 e. The van der Waals surface area contributed by atoms with Crippen molar-refractivity contribution in [3.8, 4) is 0 Å². The van der Waals surface area contributed by atoms with Crippen LogP contribution in [0.15, 0.2) is 24.5 Å². The largest absolute Gasteiger partial charge is 0.383 e. The zero-order valence-corrected chi connectivity index (χ0v) is 17.7. The normalized spacial score (nSPS) is 20.1. The number of imidazole rings is 1. The van der Waals surface area contributed by atoms with Gasteiger partial charge < -0.3 is 24.8 Å². The Bertz CT molecular complexity index is 1080. The molecule has 4 rings (SSSR count). The molecule has 2 aliphatic rings. The van der Waals surface area contributed by atoms with Gasteiger partial charge in [0.1, 0.15) is 22.9 Å². The molecule has 170 valence electrons. The molecule has 1 aromatic carbocycles. The Morgan fingerprint density at radius 1 is 1.31 bits per heavy atom. The summed E-state index contributed by atoms with van der Waals surface area (Å²) in [5.74, 6) is -3.35. The van der Waals surface area contributed by atoms with Gasteiger partial charge in [-0.1, -0.05) is 0 Å². The van der Waals surface area contributed by atoms with E-state index in [9.17, 15) is 23.2 Å². The molecule has 2 aromatic rings. The van der Waals surface area contributed by atoms with Crippen LogP contribution in [0.4, 0.5) is 14.5 Å². The number of carbonyl (C=O) groups excluding carboxylic acids is 3. The summed E-state index contributed by atoms with van der Waals surface area (Å²) in [6, 6.07) is 2.63. The minimum absolute atomic E-state index is 0.0269. The second-order valence-corrected chi connectivity index (χ2v) is 8.08. The van der Waals surface area contributed by atoms with E-state index in [2.05, 4.69) is 15.6 Å². The second-order valence-electron chi connectivity index (χ2n) is 8.08. The molecule has 1 aromatic heterocycles. The highest BCUT2D eigenvalue weighted by atomic mass is 19.1.